The molecule has 0 saturated carbocycles. The van der Waals surface area contributed by atoms with E-state index in [4.69, 9.17) is 10.0 Å². The summed E-state index contributed by atoms with van der Waals surface area (Å²) in [5, 5.41) is 12.9. The van der Waals surface area contributed by atoms with E-state index in [1.807, 2.05) is 0 Å². The first kappa shape index (κ1) is 20.9. The average Bonchev–Trinajstić information content (AvgIpc) is 3.09. The van der Waals surface area contributed by atoms with Gasteiger partial charge in [0.05, 0.1) is 5.71 Å². The highest BCUT2D eigenvalue weighted by atomic mass is 32.2. The Kier molecular flexibility index (Phi) is 6.57. The third-order valence-electron chi connectivity index (χ3n) is 4.42. The van der Waals surface area contributed by atoms with E-state index in [1.165, 1.54) is 12.4 Å². The maximum Gasteiger partial charge on any atom is 0.264 e. The van der Waals surface area contributed by atoms with Crippen molar-refractivity contribution in [2.45, 2.75) is 37.0 Å². The Bertz CT molecular complexity index is 887. The van der Waals surface area contributed by atoms with Crippen LogP contribution in [0.2, 0.25) is 0 Å². The lowest BCUT2D eigenvalue weighted by molar-refractivity contribution is -0.132. The van der Waals surface area contributed by atoms with Gasteiger partial charge in [-0.15, -0.1) is 0 Å². The van der Waals surface area contributed by atoms with E-state index in [1.54, 1.807) is 24.3 Å². The molecule has 0 aliphatic carbocycles. The number of sulfone groups is 1. The largest absolute Gasteiger partial charge is 0.392 e. The van der Waals surface area contributed by atoms with E-state index in [-0.39, 0.29) is 12.8 Å². The van der Waals surface area contributed by atoms with Crippen LogP contribution >= 0.6 is 0 Å². The lowest BCUT2D eigenvalue weighted by Gasteiger charge is -2.26. The molecule has 1 aromatic rings. The Balaban J connectivity index is 2.08. The van der Waals surface area contributed by atoms with Gasteiger partial charge in [-0.25, -0.2) is 13.9 Å². The molecule has 1 unspecified atom stereocenters. The van der Waals surface area contributed by atoms with Crippen molar-refractivity contribution in [3.05, 3.63) is 35.4 Å². The van der Waals surface area contributed by atoms with Crippen LogP contribution in [0.1, 0.15) is 37.3 Å². The number of carbonyl (C=O) groups is 1. The van der Waals surface area contributed by atoms with Crippen molar-refractivity contribution in [2.24, 2.45) is 5.16 Å². The molecule has 0 bridgehead atoms. The number of carbonyl (C=O) groups excluding carboxylic acids is 1. The van der Waals surface area contributed by atoms with Crippen molar-refractivity contribution < 1.29 is 27.6 Å². The zero-order chi connectivity index (χ0) is 20.1. The molecular weight excluding hydrogens is 375 g/mol. The molecule has 27 heavy (non-hydrogen) atoms. The van der Waals surface area contributed by atoms with Crippen LogP contribution in [0.4, 0.5) is 4.39 Å². The molecule has 2 rings (SSSR count). The molecule has 2 N–H and O–H groups in total. The number of halogens is 1. The highest BCUT2D eigenvalue weighted by Gasteiger charge is 2.47. The second kappa shape index (κ2) is 8.50. The summed E-state index contributed by atoms with van der Waals surface area (Å²) in [7, 11) is -3.81. The first-order valence-electron chi connectivity index (χ1n) is 8.23. The Morgan fingerprint density at radius 3 is 2.67 bits per heavy atom. The summed E-state index contributed by atoms with van der Waals surface area (Å²) in [5.74, 6) is 4.54. The molecule has 9 heteroatoms. The van der Waals surface area contributed by atoms with Gasteiger partial charge in [0.1, 0.15) is 12.8 Å². The Morgan fingerprint density at radius 2 is 2.11 bits per heavy atom. The predicted octanol–water partition coefficient (Wildman–Crippen LogP) is 1.59. The number of alkyl halides is 1. The van der Waals surface area contributed by atoms with E-state index in [0.717, 1.165) is 17.4 Å². The number of hydroxylamine groups is 1. The lowest BCUT2D eigenvalue weighted by atomic mass is 9.96. The van der Waals surface area contributed by atoms with Gasteiger partial charge < -0.3 is 4.84 Å². The van der Waals surface area contributed by atoms with Crippen molar-refractivity contribution in [3.63, 3.8) is 0 Å². The van der Waals surface area contributed by atoms with Crippen LogP contribution in [0.15, 0.2) is 29.4 Å². The van der Waals surface area contributed by atoms with Crippen LogP contribution in [0, 0.1) is 11.8 Å². The number of oxime groups is 1. The van der Waals surface area contributed by atoms with Gasteiger partial charge >= 0.3 is 0 Å². The molecule has 0 aromatic heterocycles. The van der Waals surface area contributed by atoms with Gasteiger partial charge in [0.2, 0.25) is 0 Å². The fraction of sp³-hybridized carbons (Fsp3) is 0.444. The van der Waals surface area contributed by atoms with Crippen LogP contribution in [-0.2, 0) is 19.5 Å². The van der Waals surface area contributed by atoms with E-state index in [9.17, 15) is 17.6 Å². The SMILES string of the molecule is C[C@@](CC1CC(c2ccc(C#CCCF)cc2)=NO1)(C(=O)NO)S(C)(=O)=O. The Labute approximate surface area is 157 Å². The molecule has 0 spiro atoms. The summed E-state index contributed by atoms with van der Waals surface area (Å²) in [6.45, 7) is 0.751. The van der Waals surface area contributed by atoms with Gasteiger partial charge in [0.15, 0.2) is 14.6 Å². The maximum absolute atomic E-state index is 12.1. The number of amides is 1. The standard InChI is InChI=1S/C18H21FN2O5S/c1-18(17(22)20-23,27(2,24)25)12-15-11-16(21-26-15)14-8-6-13(7-9-14)5-3-4-10-19/h6-9,15,23H,4,10-12H2,1-2H3,(H,20,22)/t15?,18-/m1/s1. The minimum absolute atomic E-state index is 0.155. The van der Waals surface area contributed by atoms with Crippen molar-refractivity contribution in [1.29, 1.82) is 0 Å². The Morgan fingerprint density at radius 1 is 1.44 bits per heavy atom. The summed E-state index contributed by atoms with van der Waals surface area (Å²) in [6, 6.07) is 7.13. The quantitative estimate of drug-likeness (QED) is 0.432. The van der Waals surface area contributed by atoms with Gasteiger partial charge in [-0.05, 0) is 24.6 Å². The molecule has 7 nitrogen and oxygen atoms in total. The van der Waals surface area contributed by atoms with Crippen LogP contribution in [0.25, 0.3) is 0 Å². The highest BCUT2D eigenvalue weighted by Crippen LogP contribution is 2.29. The lowest BCUT2D eigenvalue weighted by Crippen LogP contribution is -2.51. The zero-order valence-corrected chi connectivity index (χ0v) is 15.8. The third kappa shape index (κ3) is 4.84. The maximum atomic E-state index is 12.1. The number of nitrogens with zero attached hydrogens (tertiary/aromatic N) is 1. The topological polar surface area (TPSA) is 105 Å². The predicted molar refractivity (Wildman–Crippen MR) is 97.7 cm³/mol. The number of rotatable bonds is 6. The Hall–Kier alpha value is -2.44. The van der Waals surface area contributed by atoms with E-state index < -0.39 is 33.3 Å². The van der Waals surface area contributed by atoms with Crippen molar-refractivity contribution in [2.75, 3.05) is 12.9 Å². The van der Waals surface area contributed by atoms with Crippen molar-refractivity contribution >= 4 is 21.5 Å². The molecule has 1 amide bonds. The smallest absolute Gasteiger partial charge is 0.264 e. The average molecular weight is 396 g/mol. The second-order valence-corrected chi connectivity index (χ2v) is 8.88. The summed E-state index contributed by atoms with van der Waals surface area (Å²) in [4.78, 5) is 17.2. The summed E-state index contributed by atoms with van der Waals surface area (Å²) in [5.41, 5.74) is 3.55. The normalized spacial score (nSPS) is 18.5. The molecule has 0 radical (unpaired) electrons. The highest BCUT2D eigenvalue weighted by molar-refractivity contribution is 7.92. The van der Waals surface area contributed by atoms with Crippen molar-refractivity contribution in [1.82, 2.24) is 5.48 Å². The van der Waals surface area contributed by atoms with Gasteiger partial charge in [-0.2, -0.15) is 0 Å². The number of hydrogen-bond acceptors (Lipinski definition) is 6. The first-order chi connectivity index (χ1) is 12.7. The monoisotopic (exact) mass is 396 g/mol. The van der Waals surface area contributed by atoms with Gasteiger partial charge in [0.25, 0.3) is 5.91 Å². The fourth-order valence-corrected chi connectivity index (χ4v) is 3.50. The van der Waals surface area contributed by atoms with Gasteiger partial charge in [-0.1, -0.05) is 29.1 Å². The number of hydrogen-bond donors (Lipinski definition) is 2. The number of nitrogens with one attached hydrogen (secondary N) is 1. The second-order valence-electron chi connectivity index (χ2n) is 6.44. The molecule has 0 fully saturated rings. The minimum atomic E-state index is -3.81. The van der Waals surface area contributed by atoms with E-state index >= 15 is 0 Å². The van der Waals surface area contributed by atoms with Crippen LogP contribution in [0.3, 0.4) is 0 Å². The number of benzene rings is 1. The van der Waals surface area contributed by atoms with E-state index in [2.05, 4.69) is 17.0 Å². The minimum Gasteiger partial charge on any atom is -0.392 e. The van der Waals surface area contributed by atoms with Crippen LogP contribution in [-0.4, -0.2) is 49.0 Å². The third-order valence-corrected chi connectivity index (χ3v) is 6.41. The summed E-state index contributed by atoms with van der Waals surface area (Å²) >= 11 is 0. The molecule has 1 aliphatic heterocycles. The molecule has 2 atom stereocenters. The van der Waals surface area contributed by atoms with Crippen LogP contribution in [0.5, 0.6) is 0 Å². The summed E-state index contributed by atoms with van der Waals surface area (Å²) < 4.78 is 34.3. The molecular formula is C18H21FN2O5S. The van der Waals surface area contributed by atoms with E-state index in [0.29, 0.717) is 12.1 Å². The molecule has 1 aliphatic rings. The first-order valence-corrected chi connectivity index (χ1v) is 10.1. The fourth-order valence-electron chi connectivity index (χ4n) is 2.63. The van der Waals surface area contributed by atoms with Gasteiger partial charge in [-0.3, -0.25) is 14.4 Å². The molecule has 1 aromatic carbocycles. The van der Waals surface area contributed by atoms with Crippen molar-refractivity contribution in [3.8, 4) is 11.8 Å². The summed E-state index contributed by atoms with van der Waals surface area (Å²) in [6.07, 6.45) is 0.655. The molecule has 146 valence electrons. The van der Waals surface area contributed by atoms with Crippen LogP contribution < -0.4 is 5.48 Å². The molecule has 1 heterocycles. The zero-order valence-electron chi connectivity index (χ0n) is 15.0. The molecule has 0 saturated heterocycles. The van der Waals surface area contributed by atoms with Gasteiger partial charge in [0, 0.05) is 31.1 Å².